The highest BCUT2D eigenvalue weighted by Crippen LogP contribution is 2.28. The fraction of sp³-hybridized carbons (Fsp3) is 0.650. The Hall–Kier alpha value is -1.79. The highest BCUT2D eigenvalue weighted by atomic mass is 16.5. The van der Waals surface area contributed by atoms with Crippen molar-refractivity contribution in [3.63, 3.8) is 0 Å². The van der Waals surface area contributed by atoms with Gasteiger partial charge in [0.15, 0.2) is 18.1 Å². The number of hydrogen-bond acceptors (Lipinski definition) is 5. The molecule has 1 rings (SSSR count). The number of hydrogen-bond donors (Lipinski definition) is 2. The van der Waals surface area contributed by atoms with Crippen LogP contribution in [-0.4, -0.2) is 44.4 Å². The molecule has 0 aliphatic rings. The Morgan fingerprint density at radius 3 is 2.50 bits per heavy atom. The molecule has 0 aliphatic heterocycles. The van der Waals surface area contributed by atoms with Crippen LogP contribution in [0, 0.1) is 0 Å². The SMILES string of the molecule is CCOCCCNCc1ccc(OCC(=O)NC(C)(C)C)c(OCC)c1. The molecule has 148 valence electrons. The molecule has 0 heterocycles. The van der Waals surface area contributed by atoms with Crippen LogP contribution in [0.2, 0.25) is 0 Å². The molecule has 0 saturated heterocycles. The molecule has 0 spiro atoms. The van der Waals surface area contributed by atoms with E-state index in [4.69, 9.17) is 14.2 Å². The number of rotatable bonds is 12. The molecular weight excluding hydrogens is 332 g/mol. The van der Waals surface area contributed by atoms with Crippen molar-refractivity contribution in [2.75, 3.05) is 33.0 Å². The number of amides is 1. The lowest BCUT2D eigenvalue weighted by Crippen LogP contribution is -2.43. The molecule has 0 unspecified atom stereocenters. The van der Waals surface area contributed by atoms with E-state index in [2.05, 4.69) is 10.6 Å². The number of nitrogens with one attached hydrogen (secondary N) is 2. The summed E-state index contributed by atoms with van der Waals surface area (Å²) in [6.45, 7) is 13.4. The van der Waals surface area contributed by atoms with E-state index in [1.165, 1.54) is 0 Å². The van der Waals surface area contributed by atoms with Crippen molar-refractivity contribution < 1.29 is 19.0 Å². The second-order valence-corrected chi connectivity index (χ2v) is 7.03. The van der Waals surface area contributed by atoms with Gasteiger partial charge in [-0.25, -0.2) is 0 Å². The summed E-state index contributed by atoms with van der Waals surface area (Å²) < 4.78 is 16.6. The molecule has 0 aliphatic carbocycles. The minimum atomic E-state index is -0.277. The summed E-state index contributed by atoms with van der Waals surface area (Å²) >= 11 is 0. The third-order valence-electron chi connectivity index (χ3n) is 3.36. The Morgan fingerprint density at radius 2 is 1.85 bits per heavy atom. The van der Waals surface area contributed by atoms with Crippen LogP contribution < -0.4 is 20.1 Å². The van der Waals surface area contributed by atoms with Crippen molar-refractivity contribution in [3.05, 3.63) is 23.8 Å². The lowest BCUT2D eigenvalue weighted by molar-refractivity contribution is -0.124. The zero-order chi connectivity index (χ0) is 19.4. The second-order valence-electron chi connectivity index (χ2n) is 7.03. The van der Waals surface area contributed by atoms with E-state index in [1.54, 1.807) is 0 Å². The molecule has 1 aromatic rings. The molecule has 2 N–H and O–H groups in total. The van der Waals surface area contributed by atoms with E-state index in [1.807, 2.05) is 52.8 Å². The van der Waals surface area contributed by atoms with Gasteiger partial charge in [0.05, 0.1) is 6.61 Å². The summed E-state index contributed by atoms with van der Waals surface area (Å²) in [4.78, 5) is 11.9. The van der Waals surface area contributed by atoms with Crippen LogP contribution in [0.5, 0.6) is 11.5 Å². The van der Waals surface area contributed by atoms with Crippen LogP contribution in [0.3, 0.4) is 0 Å². The normalized spacial score (nSPS) is 11.3. The first-order valence-electron chi connectivity index (χ1n) is 9.33. The Morgan fingerprint density at radius 1 is 1.08 bits per heavy atom. The topological polar surface area (TPSA) is 68.8 Å². The molecule has 0 bridgehead atoms. The van der Waals surface area contributed by atoms with Crippen LogP contribution in [0.25, 0.3) is 0 Å². The molecule has 26 heavy (non-hydrogen) atoms. The lowest BCUT2D eigenvalue weighted by atomic mass is 10.1. The third-order valence-corrected chi connectivity index (χ3v) is 3.36. The minimum absolute atomic E-state index is 0.0353. The van der Waals surface area contributed by atoms with Crippen LogP contribution in [-0.2, 0) is 16.1 Å². The fourth-order valence-electron chi connectivity index (χ4n) is 2.32. The number of ether oxygens (including phenoxy) is 3. The van der Waals surface area contributed by atoms with Crippen molar-refractivity contribution in [2.45, 2.75) is 53.1 Å². The van der Waals surface area contributed by atoms with Crippen LogP contribution >= 0.6 is 0 Å². The number of benzene rings is 1. The summed E-state index contributed by atoms with van der Waals surface area (Å²) in [5.74, 6) is 1.08. The van der Waals surface area contributed by atoms with Gasteiger partial charge in [0, 0.05) is 25.3 Å². The van der Waals surface area contributed by atoms with Crippen molar-refractivity contribution in [2.24, 2.45) is 0 Å². The van der Waals surface area contributed by atoms with Gasteiger partial charge in [-0.1, -0.05) is 6.07 Å². The predicted molar refractivity (Wildman–Crippen MR) is 104 cm³/mol. The smallest absolute Gasteiger partial charge is 0.258 e. The van der Waals surface area contributed by atoms with Gasteiger partial charge in [-0.2, -0.15) is 0 Å². The van der Waals surface area contributed by atoms with Crippen molar-refractivity contribution in [1.82, 2.24) is 10.6 Å². The molecule has 6 heteroatoms. The second kappa shape index (κ2) is 11.8. The maximum absolute atomic E-state index is 11.9. The molecule has 0 aromatic heterocycles. The number of carbonyl (C=O) groups excluding carboxylic acids is 1. The third kappa shape index (κ3) is 9.63. The molecule has 1 amide bonds. The average Bonchev–Trinajstić information content (AvgIpc) is 2.56. The quantitative estimate of drug-likeness (QED) is 0.557. The molecule has 1 aromatic carbocycles. The van der Waals surface area contributed by atoms with E-state index >= 15 is 0 Å². The molecule has 0 fully saturated rings. The fourth-order valence-corrected chi connectivity index (χ4v) is 2.32. The molecule has 0 saturated carbocycles. The largest absolute Gasteiger partial charge is 0.490 e. The predicted octanol–water partition coefficient (Wildman–Crippen LogP) is 2.90. The zero-order valence-electron chi connectivity index (χ0n) is 16.8. The van der Waals surface area contributed by atoms with Crippen molar-refractivity contribution in [1.29, 1.82) is 0 Å². The van der Waals surface area contributed by atoms with Gasteiger partial charge in [-0.05, 0) is 65.3 Å². The van der Waals surface area contributed by atoms with Gasteiger partial charge in [0.1, 0.15) is 0 Å². The van der Waals surface area contributed by atoms with Gasteiger partial charge in [-0.3, -0.25) is 4.79 Å². The maximum atomic E-state index is 11.9. The Kier molecular flexibility index (Phi) is 10.1. The minimum Gasteiger partial charge on any atom is -0.490 e. The first-order chi connectivity index (χ1) is 12.4. The summed E-state index contributed by atoms with van der Waals surface area (Å²) in [5, 5.41) is 6.26. The molecule has 0 atom stereocenters. The highest BCUT2D eigenvalue weighted by Gasteiger charge is 2.15. The van der Waals surface area contributed by atoms with Crippen LogP contribution in [0.4, 0.5) is 0 Å². The summed E-state index contributed by atoms with van der Waals surface area (Å²) in [5.41, 5.74) is 0.831. The summed E-state index contributed by atoms with van der Waals surface area (Å²) in [7, 11) is 0. The summed E-state index contributed by atoms with van der Waals surface area (Å²) in [6.07, 6.45) is 0.982. The van der Waals surface area contributed by atoms with Gasteiger partial charge >= 0.3 is 0 Å². The first-order valence-corrected chi connectivity index (χ1v) is 9.33. The standard InChI is InChI=1S/C20H34N2O4/c1-6-24-12-8-11-21-14-16-9-10-17(18(13-16)25-7-2)26-15-19(23)22-20(3,4)5/h9-10,13,21H,6-8,11-12,14-15H2,1-5H3,(H,22,23). The molecule has 0 radical (unpaired) electrons. The Bertz CT molecular complexity index is 541. The Labute approximate surface area is 157 Å². The van der Waals surface area contributed by atoms with E-state index in [-0.39, 0.29) is 18.1 Å². The van der Waals surface area contributed by atoms with Crippen molar-refractivity contribution in [3.8, 4) is 11.5 Å². The van der Waals surface area contributed by atoms with Gasteiger partial charge in [0.2, 0.25) is 0 Å². The first kappa shape index (κ1) is 22.3. The van der Waals surface area contributed by atoms with E-state index in [0.717, 1.165) is 38.3 Å². The summed E-state index contributed by atoms with van der Waals surface area (Å²) in [6, 6.07) is 5.79. The van der Waals surface area contributed by atoms with Gasteiger partial charge < -0.3 is 24.8 Å². The number of carbonyl (C=O) groups is 1. The average molecular weight is 367 g/mol. The van der Waals surface area contributed by atoms with Crippen LogP contribution in [0.15, 0.2) is 18.2 Å². The van der Waals surface area contributed by atoms with Crippen molar-refractivity contribution >= 4 is 5.91 Å². The van der Waals surface area contributed by atoms with E-state index in [0.29, 0.717) is 18.1 Å². The monoisotopic (exact) mass is 366 g/mol. The van der Waals surface area contributed by atoms with Gasteiger partial charge in [0.25, 0.3) is 5.91 Å². The Balaban J connectivity index is 2.55. The van der Waals surface area contributed by atoms with E-state index in [9.17, 15) is 4.79 Å². The molecular formula is C20H34N2O4. The lowest BCUT2D eigenvalue weighted by Gasteiger charge is -2.21. The molecule has 6 nitrogen and oxygen atoms in total. The van der Waals surface area contributed by atoms with Crippen LogP contribution in [0.1, 0.15) is 46.6 Å². The van der Waals surface area contributed by atoms with Gasteiger partial charge in [-0.15, -0.1) is 0 Å². The van der Waals surface area contributed by atoms with E-state index < -0.39 is 0 Å². The highest BCUT2D eigenvalue weighted by molar-refractivity contribution is 5.78. The maximum Gasteiger partial charge on any atom is 0.258 e. The zero-order valence-corrected chi connectivity index (χ0v) is 16.8.